The number of likely N-dealkylation sites (tertiary alicyclic amines) is 2. The van der Waals surface area contributed by atoms with Gasteiger partial charge < -0.3 is 14.8 Å². The van der Waals surface area contributed by atoms with Gasteiger partial charge in [0.05, 0.1) is 5.92 Å². The van der Waals surface area contributed by atoms with E-state index in [1.54, 1.807) is 0 Å². The van der Waals surface area contributed by atoms with E-state index in [1.165, 1.54) is 10.9 Å². The molecular weight excluding hydrogens is 302 g/mol. The molecule has 1 aromatic carbocycles. The maximum absolute atomic E-state index is 12.5. The molecule has 2 saturated heterocycles. The first-order valence-corrected chi connectivity index (χ1v) is 8.84. The van der Waals surface area contributed by atoms with Crippen molar-refractivity contribution in [2.24, 2.45) is 5.92 Å². The molecule has 0 bridgehead atoms. The van der Waals surface area contributed by atoms with Gasteiger partial charge in [-0.2, -0.15) is 0 Å². The summed E-state index contributed by atoms with van der Waals surface area (Å²) < 4.78 is 0. The number of aromatic amines is 1. The zero-order valence-corrected chi connectivity index (χ0v) is 13.8. The lowest BCUT2D eigenvalue weighted by atomic mass is 10.1. The number of rotatable bonds is 4. The van der Waals surface area contributed by atoms with Crippen LogP contribution in [0.1, 0.15) is 24.8 Å². The number of aromatic nitrogens is 1. The Kier molecular flexibility index (Phi) is 4.00. The van der Waals surface area contributed by atoms with Gasteiger partial charge in [0.1, 0.15) is 0 Å². The van der Waals surface area contributed by atoms with E-state index < -0.39 is 0 Å². The molecule has 2 amide bonds. The first kappa shape index (κ1) is 15.2. The minimum atomic E-state index is -0.140. The molecule has 0 aliphatic carbocycles. The third-order valence-electron chi connectivity index (χ3n) is 5.31. The van der Waals surface area contributed by atoms with Crippen LogP contribution in [0.25, 0.3) is 10.9 Å². The molecule has 3 heterocycles. The summed E-state index contributed by atoms with van der Waals surface area (Å²) in [6.45, 7) is 2.98. The minimum Gasteiger partial charge on any atom is -0.361 e. The second kappa shape index (κ2) is 6.30. The van der Waals surface area contributed by atoms with Gasteiger partial charge in [-0.05, 0) is 30.9 Å². The van der Waals surface area contributed by atoms with E-state index in [4.69, 9.17) is 0 Å². The van der Waals surface area contributed by atoms with Gasteiger partial charge in [0.2, 0.25) is 11.8 Å². The number of benzene rings is 1. The fraction of sp³-hybridized carbons (Fsp3) is 0.474. The lowest BCUT2D eigenvalue weighted by Crippen LogP contribution is -2.35. The van der Waals surface area contributed by atoms with E-state index in [1.807, 2.05) is 28.1 Å². The quantitative estimate of drug-likeness (QED) is 0.937. The van der Waals surface area contributed by atoms with Crippen LogP contribution >= 0.6 is 0 Å². The van der Waals surface area contributed by atoms with Gasteiger partial charge in [-0.15, -0.1) is 0 Å². The predicted molar refractivity (Wildman–Crippen MR) is 92.5 cm³/mol. The number of hydrogen-bond acceptors (Lipinski definition) is 2. The summed E-state index contributed by atoms with van der Waals surface area (Å²) in [5.41, 5.74) is 2.36. The van der Waals surface area contributed by atoms with Crippen molar-refractivity contribution in [3.8, 4) is 0 Å². The molecule has 5 heteroatoms. The van der Waals surface area contributed by atoms with E-state index in [2.05, 4.69) is 17.1 Å². The Morgan fingerprint density at radius 1 is 1.21 bits per heavy atom. The molecule has 2 fully saturated rings. The van der Waals surface area contributed by atoms with Crippen LogP contribution in [0.5, 0.6) is 0 Å². The first-order chi connectivity index (χ1) is 11.7. The zero-order chi connectivity index (χ0) is 16.5. The summed E-state index contributed by atoms with van der Waals surface area (Å²) in [6.07, 6.45) is 5.41. The standard InChI is InChI=1S/C19H23N3O2/c23-18-11-15(19(24)21-8-3-4-9-21)13-22(18)10-7-14-12-20-17-6-2-1-5-16(14)17/h1-2,5-6,12,15,20H,3-4,7-11,13H2. The molecule has 4 rings (SSSR count). The minimum absolute atomic E-state index is 0.118. The van der Waals surface area contributed by atoms with Crippen LogP contribution in [0.15, 0.2) is 30.5 Å². The molecule has 1 aromatic heterocycles. The Labute approximate surface area is 141 Å². The van der Waals surface area contributed by atoms with Crippen molar-refractivity contribution in [2.75, 3.05) is 26.2 Å². The van der Waals surface area contributed by atoms with E-state index in [0.717, 1.165) is 37.9 Å². The van der Waals surface area contributed by atoms with Crippen molar-refractivity contribution < 1.29 is 9.59 Å². The molecule has 126 valence electrons. The third-order valence-corrected chi connectivity index (χ3v) is 5.31. The summed E-state index contributed by atoms with van der Waals surface area (Å²) in [5.74, 6) is 0.154. The average molecular weight is 325 g/mol. The van der Waals surface area contributed by atoms with Crippen LogP contribution in [0, 0.1) is 5.92 Å². The topological polar surface area (TPSA) is 56.4 Å². The summed E-state index contributed by atoms with van der Waals surface area (Å²) >= 11 is 0. The molecule has 1 N–H and O–H groups in total. The largest absolute Gasteiger partial charge is 0.361 e. The smallest absolute Gasteiger partial charge is 0.227 e. The van der Waals surface area contributed by atoms with Gasteiger partial charge in [-0.3, -0.25) is 9.59 Å². The second-order valence-electron chi connectivity index (χ2n) is 6.88. The second-order valence-corrected chi connectivity index (χ2v) is 6.88. The molecule has 24 heavy (non-hydrogen) atoms. The van der Waals surface area contributed by atoms with Gasteiger partial charge in [-0.25, -0.2) is 0 Å². The molecule has 2 aromatic rings. The summed E-state index contributed by atoms with van der Waals surface area (Å²) in [6, 6.07) is 8.21. The van der Waals surface area contributed by atoms with Crippen LogP contribution in [0.4, 0.5) is 0 Å². The zero-order valence-electron chi connectivity index (χ0n) is 13.8. The monoisotopic (exact) mass is 325 g/mol. The van der Waals surface area contributed by atoms with Gasteiger partial charge in [0.15, 0.2) is 0 Å². The number of carbonyl (C=O) groups is 2. The molecule has 0 saturated carbocycles. The lowest BCUT2D eigenvalue weighted by Gasteiger charge is -2.20. The first-order valence-electron chi connectivity index (χ1n) is 8.84. The van der Waals surface area contributed by atoms with Crippen molar-refractivity contribution in [1.82, 2.24) is 14.8 Å². The van der Waals surface area contributed by atoms with Crippen molar-refractivity contribution in [3.05, 3.63) is 36.0 Å². The Morgan fingerprint density at radius 3 is 2.83 bits per heavy atom. The fourth-order valence-corrected chi connectivity index (χ4v) is 3.94. The molecule has 0 radical (unpaired) electrons. The van der Waals surface area contributed by atoms with Crippen LogP contribution in [0.3, 0.4) is 0 Å². The number of carbonyl (C=O) groups excluding carboxylic acids is 2. The van der Waals surface area contributed by atoms with Crippen LogP contribution in [-0.2, 0) is 16.0 Å². The van der Waals surface area contributed by atoms with Crippen molar-refractivity contribution in [3.63, 3.8) is 0 Å². The lowest BCUT2D eigenvalue weighted by molar-refractivity contribution is -0.134. The molecule has 5 nitrogen and oxygen atoms in total. The van der Waals surface area contributed by atoms with E-state index >= 15 is 0 Å². The maximum atomic E-state index is 12.5. The highest BCUT2D eigenvalue weighted by molar-refractivity contribution is 5.89. The number of nitrogens with zero attached hydrogens (tertiary/aromatic N) is 2. The number of hydrogen-bond donors (Lipinski definition) is 1. The van der Waals surface area contributed by atoms with E-state index in [-0.39, 0.29) is 17.7 Å². The van der Waals surface area contributed by atoms with Gasteiger partial charge >= 0.3 is 0 Å². The van der Waals surface area contributed by atoms with Gasteiger partial charge in [0.25, 0.3) is 0 Å². The summed E-state index contributed by atoms with van der Waals surface area (Å²) in [7, 11) is 0. The Bertz CT molecular complexity index is 761. The summed E-state index contributed by atoms with van der Waals surface area (Å²) in [4.78, 5) is 31.8. The highest BCUT2D eigenvalue weighted by atomic mass is 16.2. The number of nitrogens with one attached hydrogen (secondary N) is 1. The highest BCUT2D eigenvalue weighted by Crippen LogP contribution is 2.24. The number of fused-ring (bicyclic) bond motifs is 1. The third kappa shape index (κ3) is 2.79. The number of para-hydroxylation sites is 1. The fourth-order valence-electron chi connectivity index (χ4n) is 3.94. The SMILES string of the molecule is O=C1CC(C(=O)N2CCCC2)CN1CCc1c[nH]c2ccccc12. The molecular formula is C19H23N3O2. The predicted octanol–water partition coefficient (Wildman–Crippen LogP) is 2.18. The van der Waals surface area contributed by atoms with Gasteiger partial charge in [-0.1, -0.05) is 18.2 Å². The maximum Gasteiger partial charge on any atom is 0.227 e. The molecule has 0 spiro atoms. The Morgan fingerprint density at radius 2 is 2.00 bits per heavy atom. The van der Waals surface area contributed by atoms with Crippen LogP contribution in [0.2, 0.25) is 0 Å². The van der Waals surface area contributed by atoms with Crippen molar-refractivity contribution >= 4 is 22.7 Å². The molecule has 2 aliphatic rings. The van der Waals surface area contributed by atoms with E-state index in [0.29, 0.717) is 19.5 Å². The van der Waals surface area contributed by atoms with Crippen molar-refractivity contribution in [2.45, 2.75) is 25.7 Å². The van der Waals surface area contributed by atoms with Crippen LogP contribution in [-0.4, -0.2) is 52.8 Å². The highest BCUT2D eigenvalue weighted by Gasteiger charge is 2.36. The van der Waals surface area contributed by atoms with Crippen molar-refractivity contribution in [1.29, 1.82) is 0 Å². The Balaban J connectivity index is 1.38. The van der Waals surface area contributed by atoms with E-state index in [9.17, 15) is 9.59 Å². The normalized spacial score (nSPS) is 21.2. The number of H-pyrrole nitrogens is 1. The molecule has 2 aliphatic heterocycles. The molecule has 1 unspecified atom stereocenters. The summed E-state index contributed by atoms with van der Waals surface area (Å²) in [5, 5.41) is 1.22. The van der Waals surface area contributed by atoms with Gasteiger partial charge in [0, 0.05) is 49.7 Å². The Hall–Kier alpha value is -2.30. The molecule has 1 atom stereocenters. The number of amides is 2. The average Bonchev–Trinajstić information content (AvgIpc) is 3.32. The van der Waals surface area contributed by atoms with Crippen LogP contribution < -0.4 is 0 Å².